The van der Waals surface area contributed by atoms with Gasteiger partial charge in [0.05, 0.1) is 16.8 Å². The average molecular weight is 261 g/mol. The zero-order valence-corrected chi connectivity index (χ0v) is 8.93. The number of nitrogens with one attached hydrogen (secondary N) is 1. The van der Waals surface area contributed by atoms with Gasteiger partial charge < -0.3 is 10.2 Å². The van der Waals surface area contributed by atoms with Crippen LogP contribution >= 0.6 is 0 Å². The number of hydrogen-bond acceptors (Lipinski definition) is 4. The summed E-state index contributed by atoms with van der Waals surface area (Å²) in [5.41, 5.74) is -1.20. The van der Waals surface area contributed by atoms with Crippen molar-refractivity contribution in [1.29, 1.82) is 0 Å². The standard InChI is InChI=1S/C8H7NO7S/c10-7(11)4-1-5(8(12)13)3-6(2-4)9-17(14,15)16/h1-3,9H,(H,10,11)(H,12,13)(H,14,15,16). The number of anilines is 1. The van der Waals surface area contributed by atoms with E-state index in [2.05, 4.69) is 0 Å². The van der Waals surface area contributed by atoms with Crippen molar-refractivity contribution in [3.8, 4) is 0 Å². The van der Waals surface area contributed by atoms with Gasteiger partial charge in [0.1, 0.15) is 0 Å². The van der Waals surface area contributed by atoms with Gasteiger partial charge in [-0.25, -0.2) is 9.59 Å². The lowest BCUT2D eigenvalue weighted by Gasteiger charge is -2.05. The minimum atomic E-state index is -4.60. The first-order valence-electron chi connectivity index (χ1n) is 4.06. The lowest BCUT2D eigenvalue weighted by Crippen LogP contribution is -2.12. The maximum atomic E-state index is 10.7. The maximum absolute atomic E-state index is 10.7. The Morgan fingerprint density at radius 1 is 1.00 bits per heavy atom. The molecule has 0 aliphatic heterocycles. The van der Waals surface area contributed by atoms with E-state index in [0.717, 1.165) is 18.2 Å². The van der Waals surface area contributed by atoms with Gasteiger partial charge >= 0.3 is 22.2 Å². The molecule has 0 spiro atoms. The molecule has 0 saturated heterocycles. The van der Waals surface area contributed by atoms with Gasteiger partial charge in [0.25, 0.3) is 0 Å². The molecule has 1 aromatic rings. The third-order valence-electron chi connectivity index (χ3n) is 1.67. The first-order chi connectivity index (χ1) is 7.69. The third-order valence-corrected chi connectivity index (χ3v) is 2.17. The van der Waals surface area contributed by atoms with E-state index in [1.807, 2.05) is 0 Å². The highest BCUT2D eigenvalue weighted by Crippen LogP contribution is 2.16. The van der Waals surface area contributed by atoms with E-state index in [4.69, 9.17) is 14.8 Å². The van der Waals surface area contributed by atoms with Gasteiger partial charge in [-0.05, 0) is 18.2 Å². The van der Waals surface area contributed by atoms with Crippen LogP contribution in [0.25, 0.3) is 0 Å². The molecule has 0 radical (unpaired) electrons. The van der Waals surface area contributed by atoms with Gasteiger partial charge in [-0.3, -0.25) is 9.27 Å². The zero-order chi connectivity index (χ0) is 13.2. The van der Waals surface area contributed by atoms with Crippen molar-refractivity contribution in [2.75, 3.05) is 4.72 Å². The van der Waals surface area contributed by atoms with Crippen LogP contribution in [0.2, 0.25) is 0 Å². The first-order valence-corrected chi connectivity index (χ1v) is 5.50. The third kappa shape index (κ3) is 3.74. The average Bonchev–Trinajstić information content (AvgIpc) is 2.14. The highest BCUT2D eigenvalue weighted by Gasteiger charge is 2.13. The van der Waals surface area contributed by atoms with Gasteiger partial charge in [-0.15, -0.1) is 0 Å². The summed E-state index contributed by atoms with van der Waals surface area (Å²) in [5.74, 6) is -2.85. The Kier molecular flexibility index (Phi) is 3.34. The number of benzene rings is 1. The van der Waals surface area contributed by atoms with Crippen molar-refractivity contribution >= 4 is 27.9 Å². The molecule has 0 saturated carbocycles. The fourth-order valence-electron chi connectivity index (χ4n) is 1.08. The molecule has 1 aromatic carbocycles. The van der Waals surface area contributed by atoms with Gasteiger partial charge in [0, 0.05) is 0 Å². The van der Waals surface area contributed by atoms with Crippen LogP contribution in [0.1, 0.15) is 20.7 Å². The van der Waals surface area contributed by atoms with E-state index in [0.29, 0.717) is 0 Å². The largest absolute Gasteiger partial charge is 0.478 e. The van der Waals surface area contributed by atoms with Gasteiger partial charge in [0.15, 0.2) is 0 Å². The van der Waals surface area contributed by atoms with E-state index in [9.17, 15) is 18.0 Å². The molecule has 9 heteroatoms. The second kappa shape index (κ2) is 4.39. The topological polar surface area (TPSA) is 141 Å². The Hall–Kier alpha value is -2.13. The number of carboxylic acid groups (broad SMARTS) is 2. The molecule has 0 bridgehead atoms. The summed E-state index contributed by atoms with van der Waals surface area (Å²) < 4.78 is 31.1. The lowest BCUT2D eigenvalue weighted by atomic mass is 10.1. The summed E-state index contributed by atoms with van der Waals surface area (Å²) in [6.07, 6.45) is 0. The molecule has 0 aliphatic rings. The number of aromatic carboxylic acids is 2. The normalized spacial score (nSPS) is 10.9. The molecule has 0 unspecified atom stereocenters. The summed E-state index contributed by atoms with van der Waals surface area (Å²) in [5, 5.41) is 17.4. The highest BCUT2D eigenvalue weighted by molar-refractivity contribution is 7.87. The van der Waals surface area contributed by atoms with Gasteiger partial charge in [-0.1, -0.05) is 0 Å². The lowest BCUT2D eigenvalue weighted by molar-refractivity contribution is 0.0696. The van der Waals surface area contributed by atoms with Crippen LogP contribution in [-0.2, 0) is 10.3 Å². The minimum Gasteiger partial charge on any atom is -0.478 e. The van der Waals surface area contributed by atoms with Crippen LogP contribution in [0.15, 0.2) is 18.2 Å². The molecule has 17 heavy (non-hydrogen) atoms. The molecule has 0 atom stereocenters. The van der Waals surface area contributed by atoms with Gasteiger partial charge in [-0.2, -0.15) is 8.42 Å². The SMILES string of the molecule is O=C(O)c1cc(NS(=O)(=O)O)cc(C(=O)O)c1. The summed E-state index contributed by atoms with van der Waals surface area (Å²) >= 11 is 0. The molecule has 92 valence electrons. The molecule has 0 amide bonds. The smallest absolute Gasteiger partial charge is 0.357 e. The molecule has 0 aromatic heterocycles. The molecule has 0 heterocycles. The second-order valence-corrected chi connectivity index (χ2v) is 4.14. The molecular weight excluding hydrogens is 254 g/mol. The van der Waals surface area contributed by atoms with Crippen molar-refractivity contribution in [3.63, 3.8) is 0 Å². The number of carbonyl (C=O) groups is 2. The van der Waals surface area contributed by atoms with Crippen LogP contribution in [0.3, 0.4) is 0 Å². The summed E-state index contributed by atoms with van der Waals surface area (Å²) in [7, 11) is -4.60. The summed E-state index contributed by atoms with van der Waals surface area (Å²) in [6, 6.07) is 2.62. The van der Waals surface area contributed by atoms with E-state index in [-0.39, 0.29) is 5.69 Å². The monoisotopic (exact) mass is 261 g/mol. The van der Waals surface area contributed by atoms with E-state index in [1.165, 1.54) is 0 Å². The van der Waals surface area contributed by atoms with Crippen molar-refractivity contribution in [3.05, 3.63) is 29.3 Å². The zero-order valence-electron chi connectivity index (χ0n) is 8.11. The number of hydrogen-bond donors (Lipinski definition) is 4. The van der Waals surface area contributed by atoms with Crippen LogP contribution < -0.4 is 4.72 Å². The van der Waals surface area contributed by atoms with E-state index >= 15 is 0 Å². The van der Waals surface area contributed by atoms with Crippen LogP contribution in [0.4, 0.5) is 5.69 Å². The fourth-order valence-corrected chi connectivity index (χ4v) is 1.50. The minimum absolute atomic E-state index is 0.357. The highest BCUT2D eigenvalue weighted by atomic mass is 32.2. The van der Waals surface area contributed by atoms with Crippen molar-refractivity contribution < 1.29 is 32.8 Å². The molecule has 1 rings (SSSR count). The summed E-state index contributed by atoms with van der Waals surface area (Å²) in [4.78, 5) is 21.3. The molecule has 8 nitrogen and oxygen atoms in total. The molecule has 0 aliphatic carbocycles. The molecule has 4 N–H and O–H groups in total. The Morgan fingerprint density at radius 2 is 1.41 bits per heavy atom. The van der Waals surface area contributed by atoms with Crippen LogP contribution in [0, 0.1) is 0 Å². The predicted octanol–water partition coefficient (Wildman–Crippen LogP) is 0.298. The first kappa shape index (κ1) is 12.9. The van der Waals surface area contributed by atoms with Crippen molar-refractivity contribution in [2.45, 2.75) is 0 Å². The Balaban J connectivity index is 3.31. The Morgan fingerprint density at radius 3 is 1.71 bits per heavy atom. The molecular formula is C8H7NO7S. The predicted molar refractivity (Wildman–Crippen MR) is 55.5 cm³/mol. The Labute approximate surface area is 95.4 Å². The summed E-state index contributed by atoms with van der Waals surface area (Å²) in [6.45, 7) is 0. The number of rotatable bonds is 4. The van der Waals surface area contributed by atoms with Crippen LogP contribution in [0.5, 0.6) is 0 Å². The number of carboxylic acids is 2. The van der Waals surface area contributed by atoms with E-state index in [1.54, 1.807) is 4.72 Å². The van der Waals surface area contributed by atoms with Gasteiger partial charge in [0.2, 0.25) is 0 Å². The van der Waals surface area contributed by atoms with Crippen molar-refractivity contribution in [1.82, 2.24) is 0 Å². The van der Waals surface area contributed by atoms with Crippen LogP contribution in [-0.4, -0.2) is 35.1 Å². The molecule has 0 fully saturated rings. The maximum Gasteiger partial charge on any atom is 0.357 e. The van der Waals surface area contributed by atoms with E-state index < -0.39 is 33.4 Å². The second-order valence-electron chi connectivity index (χ2n) is 2.99. The Bertz CT molecular complexity index is 545. The quantitative estimate of drug-likeness (QED) is 0.571. The van der Waals surface area contributed by atoms with Crippen molar-refractivity contribution in [2.24, 2.45) is 0 Å². The fraction of sp³-hybridized carbons (Fsp3) is 0.